The van der Waals surface area contributed by atoms with Crippen LogP contribution in [0.2, 0.25) is 0 Å². The molecule has 0 amide bonds. The summed E-state index contributed by atoms with van der Waals surface area (Å²) >= 11 is 19.5. The van der Waals surface area contributed by atoms with Crippen LogP contribution in [0.3, 0.4) is 0 Å². The maximum Gasteiger partial charge on any atom is 0.287 e. The van der Waals surface area contributed by atoms with Gasteiger partial charge < -0.3 is 0 Å². The van der Waals surface area contributed by atoms with Gasteiger partial charge in [0.15, 0.2) is 37.6 Å². The Morgan fingerprint density at radius 2 is 0.580 bits per heavy atom. The summed E-state index contributed by atoms with van der Waals surface area (Å²) in [6.45, 7) is 0. The molecule has 0 atom stereocenters. The zero-order valence-electron chi connectivity index (χ0n) is 25.6. The van der Waals surface area contributed by atoms with Crippen LogP contribution >= 0.6 is 114 Å². The van der Waals surface area contributed by atoms with Crippen molar-refractivity contribution in [2.75, 3.05) is 0 Å². The summed E-state index contributed by atoms with van der Waals surface area (Å²) in [4.78, 5) is 2.70. The lowest BCUT2D eigenvalue weighted by atomic mass is 10.1. The molecular weight excluding hydrogens is 801 g/mol. The van der Waals surface area contributed by atoms with E-state index >= 15 is 0 Å². The lowest BCUT2D eigenvalue weighted by Crippen LogP contribution is -1.89. The van der Waals surface area contributed by atoms with Crippen molar-refractivity contribution in [2.45, 2.75) is 9.79 Å². The molecule has 0 N–H and O–H groups in total. The fourth-order valence-corrected chi connectivity index (χ4v) is 19.3. The predicted molar refractivity (Wildman–Crippen MR) is 235 cm³/mol. The van der Waals surface area contributed by atoms with Crippen LogP contribution in [0, 0.1) is 0 Å². The van der Waals surface area contributed by atoms with Gasteiger partial charge in [-0.2, -0.15) is 0 Å². The summed E-state index contributed by atoms with van der Waals surface area (Å²) in [5.41, 5.74) is 7.02. The third-order valence-electron chi connectivity index (χ3n) is 8.54. The van der Waals surface area contributed by atoms with Crippen LogP contribution in [-0.2, 0) is 0 Å². The summed E-state index contributed by atoms with van der Waals surface area (Å²) in [7, 11) is 0. The molecule has 0 spiro atoms. The minimum Gasteiger partial charge on any atom is -0.0808 e. The minimum atomic E-state index is 1.35. The molecule has 2 aliphatic rings. The zero-order valence-corrected chi connectivity index (χ0v) is 33.8. The fraction of sp³-hybridized carbons (Fsp3) is 0. The zero-order chi connectivity index (χ0) is 32.8. The number of hydrogen-bond donors (Lipinski definition) is 0. The van der Waals surface area contributed by atoms with Crippen LogP contribution in [0.15, 0.2) is 141 Å². The van der Waals surface area contributed by atoms with Crippen LogP contribution in [0.4, 0.5) is 0 Å². The molecule has 0 saturated carbocycles. The van der Waals surface area contributed by atoms with Gasteiger partial charge in [0.1, 0.15) is 0 Å². The van der Waals surface area contributed by atoms with Crippen molar-refractivity contribution in [3.8, 4) is 0 Å². The van der Waals surface area contributed by atoms with Crippen molar-refractivity contribution in [2.24, 2.45) is 0 Å². The quantitative estimate of drug-likeness (QED) is 0.162. The van der Waals surface area contributed by atoms with Crippen molar-refractivity contribution in [1.29, 1.82) is 0 Å². The average molecular weight is 821 g/mol. The Hall–Kier alpha value is -2.74. The molecule has 0 unspecified atom stereocenters. The number of hydrogen-bond acceptors (Lipinski definition) is 6. The second-order valence-electron chi connectivity index (χ2n) is 11.6. The molecule has 0 radical (unpaired) electrons. The highest BCUT2D eigenvalue weighted by molar-refractivity contribution is 8.24. The molecule has 0 nitrogen and oxygen atoms in total. The maximum atomic E-state index is 2.29. The normalized spacial score (nSPS) is 14.8. The van der Waals surface area contributed by atoms with Crippen LogP contribution < -0.4 is 0 Å². The number of allylic oxidation sites excluding steroid dienone is 5. The molecule has 5 heterocycles. The summed E-state index contributed by atoms with van der Waals surface area (Å²) in [5, 5.41) is 0. The first kappa shape index (κ1) is 30.8. The average Bonchev–Trinajstić information content (AvgIpc) is 3.99. The van der Waals surface area contributed by atoms with E-state index in [-0.39, 0.29) is 0 Å². The molecule has 10 heteroatoms. The van der Waals surface area contributed by atoms with E-state index in [0.29, 0.717) is 0 Å². The largest absolute Gasteiger partial charge is 0.287 e. The lowest BCUT2D eigenvalue weighted by Gasteiger charge is -2.06. The highest BCUT2D eigenvalue weighted by atomic mass is 32.2. The molecule has 0 bridgehead atoms. The second kappa shape index (κ2) is 12.4. The van der Waals surface area contributed by atoms with Crippen molar-refractivity contribution < 1.29 is 0 Å². The molecule has 9 aromatic rings. The molecule has 1 aliphatic heterocycles. The molecule has 4 aromatic heterocycles. The standard InChI is InChI=1S/C40H20S10/c1-2-12-22-21(11-1)41-36(42-22)31-32(37-43-23-13-3-4-14-24(23)44-37)34(39-47-27-17-7-8-18-28(27)48-39)35(40-49-29-19-9-10-20-30(29)50-40)33(31)38-45-25-15-5-6-16-26(25)46-38/h1-20H/q+4. The monoisotopic (exact) mass is 820 g/mol. The molecule has 1 aliphatic carbocycles. The SMILES string of the molecule is c1ccc2c(c1)SC(=C1C(c3sc4ccccc4[s+]3)=C(c3sc4ccccc4[s+]3)C(c3sc4ccccc4[s+]3)=C1c1sc3ccccc3[s+]1)S2. The molecule has 0 fully saturated rings. The first-order valence-corrected chi connectivity index (χ1v) is 23.9. The number of benzene rings is 5. The van der Waals surface area contributed by atoms with Gasteiger partial charge in [-0.05, 0) is 60.7 Å². The summed E-state index contributed by atoms with van der Waals surface area (Å²) in [5.74, 6) is 0. The summed E-state index contributed by atoms with van der Waals surface area (Å²) in [6.07, 6.45) is 0. The van der Waals surface area contributed by atoms with E-state index in [1.807, 2.05) is 114 Å². The molecule has 11 rings (SSSR count). The molecular formula is C40H20S10+4. The van der Waals surface area contributed by atoms with Crippen LogP contribution in [0.1, 0.15) is 16.8 Å². The van der Waals surface area contributed by atoms with Crippen LogP contribution in [0.25, 0.3) is 59.9 Å². The number of fused-ring (bicyclic) bond motifs is 5. The van der Waals surface area contributed by atoms with Crippen molar-refractivity contribution >= 4 is 174 Å². The van der Waals surface area contributed by atoms with E-state index in [1.54, 1.807) is 0 Å². The van der Waals surface area contributed by atoms with E-state index in [9.17, 15) is 0 Å². The van der Waals surface area contributed by atoms with E-state index in [1.165, 1.54) is 96.3 Å². The predicted octanol–water partition coefficient (Wildman–Crippen LogP) is 16.6. The van der Waals surface area contributed by atoms with E-state index in [4.69, 9.17) is 0 Å². The topological polar surface area (TPSA) is 0 Å². The van der Waals surface area contributed by atoms with Gasteiger partial charge in [0, 0.05) is 15.4 Å². The molecule has 236 valence electrons. The molecule has 0 saturated heterocycles. The van der Waals surface area contributed by atoms with Crippen LogP contribution in [-0.4, -0.2) is 0 Å². The molecule has 50 heavy (non-hydrogen) atoms. The Morgan fingerprint density at radius 1 is 0.300 bits per heavy atom. The van der Waals surface area contributed by atoms with Gasteiger partial charge in [-0.3, -0.25) is 0 Å². The van der Waals surface area contributed by atoms with Crippen molar-refractivity contribution in [3.63, 3.8) is 0 Å². The van der Waals surface area contributed by atoms with E-state index in [0.717, 1.165) is 0 Å². The Balaban J connectivity index is 1.32. The van der Waals surface area contributed by atoms with E-state index in [2.05, 4.69) is 121 Å². The first-order chi connectivity index (χ1) is 24.7. The van der Waals surface area contributed by atoms with Gasteiger partial charge in [0.2, 0.25) is 0 Å². The summed E-state index contributed by atoms with van der Waals surface area (Å²) < 4.78 is 17.7. The lowest BCUT2D eigenvalue weighted by molar-refractivity contribution is 1.27. The Kier molecular flexibility index (Phi) is 7.68. The van der Waals surface area contributed by atoms with Gasteiger partial charge in [0.25, 0.3) is 16.8 Å². The number of thioether (sulfide) groups is 2. The minimum absolute atomic E-state index is 1.35. The second-order valence-corrected chi connectivity index (χ2v) is 23.4. The molecule has 5 aromatic carbocycles. The summed E-state index contributed by atoms with van der Waals surface area (Å²) in [6, 6.07) is 44.7. The first-order valence-electron chi connectivity index (χ1n) is 15.7. The smallest absolute Gasteiger partial charge is 0.0808 e. The Bertz CT molecular complexity index is 2620. The van der Waals surface area contributed by atoms with Crippen molar-refractivity contribution in [3.05, 3.63) is 148 Å². The Labute approximate surface area is 328 Å². The highest BCUT2D eigenvalue weighted by Gasteiger charge is 2.49. The maximum absolute atomic E-state index is 2.29. The highest BCUT2D eigenvalue weighted by Crippen LogP contribution is 2.66. The van der Waals surface area contributed by atoms with Crippen LogP contribution in [0.5, 0.6) is 0 Å². The van der Waals surface area contributed by atoms with Gasteiger partial charge in [-0.15, -0.1) is 0 Å². The number of rotatable bonds is 4. The van der Waals surface area contributed by atoms with Gasteiger partial charge >= 0.3 is 0 Å². The Morgan fingerprint density at radius 3 is 0.900 bits per heavy atom. The van der Waals surface area contributed by atoms with E-state index < -0.39 is 0 Å². The van der Waals surface area contributed by atoms with Gasteiger partial charge in [-0.1, -0.05) is 84.2 Å². The van der Waals surface area contributed by atoms with Crippen molar-refractivity contribution in [1.82, 2.24) is 0 Å². The third kappa shape index (κ3) is 5.07. The van der Waals surface area contributed by atoms with Gasteiger partial charge in [-0.25, -0.2) is 0 Å². The van der Waals surface area contributed by atoms with Gasteiger partial charge in [0.05, 0.1) is 117 Å². The third-order valence-corrected chi connectivity index (χ3v) is 21.3. The fourth-order valence-electron chi connectivity index (χ4n) is 6.35.